The number of benzene rings is 1. The molecule has 1 saturated carbocycles. The van der Waals surface area contributed by atoms with Crippen LogP contribution in [0.3, 0.4) is 0 Å². The van der Waals surface area contributed by atoms with Gasteiger partial charge in [-0.3, -0.25) is 0 Å². The van der Waals surface area contributed by atoms with Crippen molar-refractivity contribution in [1.29, 1.82) is 0 Å². The molecule has 1 aliphatic carbocycles. The molecule has 2 rings (SSSR count). The second kappa shape index (κ2) is 7.54. The SMILES string of the molecule is Cc1ccccc1N(C)CCCCCCNC1CC1. The quantitative estimate of drug-likeness (QED) is 0.680. The van der Waals surface area contributed by atoms with Crippen LogP contribution < -0.4 is 10.2 Å². The maximum Gasteiger partial charge on any atom is 0.0393 e. The van der Waals surface area contributed by atoms with Gasteiger partial charge in [0.2, 0.25) is 0 Å². The van der Waals surface area contributed by atoms with Gasteiger partial charge in [0, 0.05) is 25.3 Å². The summed E-state index contributed by atoms with van der Waals surface area (Å²) in [4.78, 5) is 2.39. The fraction of sp³-hybridized carbons (Fsp3) is 0.647. The lowest BCUT2D eigenvalue weighted by atomic mass is 10.1. The molecule has 0 aromatic heterocycles. The van der Waals surface area contributed by atoms with Crippen LogP contribution in [0.5, 0.6) is 0 Å². The smallest absolute Gasteiger partial charge is 0.0393 e. The highest BCUT2D eigenvalue weighted by Gasteiger charge is 2.19. The minimum Gasteiger partial charge on any atom is -0.374 e. The zero-order valence-electron chi connectivity index (χ0n) is 12.5. The van der Waals surface area contributed by atoms with Gasteiger partial charge in [-0.05, 0) is 50.8 Å². The van der Waals surface area contributed by atoms with E-state index in [2.05, 4.69) is 48.5 Å². The van der Waals surface area contributed by atoms with Crippen LogP contribution in [-0.4, -0.2) is 26.2 Å². The van der Waals surface area contributed by atoms with E-state index in [-0.39, 0.29) is 0 Å². The molecule has 0 saturated heterocycles. The minimum absolute atomic E-state index is 0.868. The van der Waals surface area contributed by atoms with Crippen molar-refractivity contribution in [1.82, 2.24) is 5.32 Å². The third kappa shape index (κ3) is 5.23. The summed E-state index contributed by atoms with van der Waals surface area (Å²) in [5, 5.41) is 3.58. The van der Waals surface area contributed by atoms with E-state index in [1.807, 2.05) is 0 Å². The van der Waals surface area contributed by atoms with Gasteiger partial charge in [0.05, 0.1) is 0 Å². The lowest BCUT2D eigenvalue weighted by Gasteiger charge is -2.21. The Morgan fingerprint density at radius 2 is 1.84 bits per heavy atom. The maximum absolute atomic E-state index is 3.58. The van der Waals surface area contributed by atoms with Crippen LogP contribution in [0.2, 0.25) is 0 Å². The number of hydrogen-bond donors (Lipinski definition) is 1. The fourth-order valence-electron chi connectivity index (χ4n) is 2.53. The summed E-state index contributed by atoms with van der Waals surface area (Å²) < 4.78 is 0. The summed E-state index contributed by atoms with van der Waals surface area (Å²) in [5.41, 5.74) is 2.75. The van der Waals surface area contributed by atoms with Gasteiger partial charge in [-0.25, -0.2) is 0 Å². The first kappa shape index (κ1) is 14.4. The highest BCUT2D eigenvalue weighted by atomic mass is 15.1. The van der Waals surface area contributed by atoms with Crippen molar-refractivity contribution < 1.29 is 0 Å². The second-order valence-electron chi connectivity index (χ2n) is 5.85. The lowest BCUT2D eigenvalue weighted by Crippen LogP contribution is -2.19. The van der Waals surface area contributed by atoms with Crippen molar-refractivity contribution >= 4 is 5.69 Å². The van der Waals surface area contributed by atoms with Gasteiger partial charge in [-0.15, -0.1) is 0 Å². The largest absolute Gasteiger partial charge is 0.374 e. The van der Waals surface area contributed by atoms with Gasteiger partial charge < -0.3 is 10.2 Å². The van der Waals surface area contributed by atoms with E-state index in [4.69, 9.17) is 0 Å². The molecule has 0 amide bonds. The Balaban J connectivity index is 1.53. The molecular formula is C17H28N2. The number of hydrogen-bond acceptors (Lipinski definition) is 2. The second-order valence-corrected chi connectivity index (χ2v) is 5.85. The molecule has 19 heavy (non-hydrogen) atoms. The molecule has 0 bridgehead atoms. The van der Waals surface area contributed by atoms with Crippen LogP contribution >= 0.6 is 0 Å². The number of nitrogens with zero attached hydrogens (tertiary/aromatic N) is 1. The summed E-state index contributed by atoms with van der Waals surface area (Å²) in [6.45, 7) is 4.58. The van der Waals surface area contributed by atoms with E-state index in [0.717, 1.165) is 6.04 Å². The van der Waals surface area contributed by atoms with E-state index in [9.17, 15) is 0 Å². The monoisotopic (exact) mass is 260 g/mol. The maximum atomic E-state index is 3.58. The Morgan fingerprint density at radius 1 is 1.11 bits per heavy atom. The zero-order valence-corrected chi connectivity index (χ0v) is 12.5. The van der Waals surface area contributed by atoms with Crippen molar-refractivity contribution in [2.24, 2.45) is 0 Å². The molecule has 0 radical (unpaired) electrons. The number of rotatable bonds is 9. The summed E-state index contributed by atoms with van der Waals surface area (Å²) in [5.74, 6) is 0. The van der Waals surface area contributed by atoms with Crippen molar-refractivity contribution in [3.05, 3.63) is 29.8 Å². The van der Waals surface area contributed by atoms with Gasteiger partial charge in [0.25, 0.3) is 0 Å². The molecule has 1 aromatic rings. The number of unbranched alkanes of at least 4 members (excludes halogenated alkanes) is 3. The van der Waals surface area contributed by atoms with Crippen LogP contribution in [0.25, 0.3) is 0 Å². The number of para-hydroxylation sites is 1. The Bertz CT molecular complexity index is 371. The fourth-order valence-corrected chi connectivity index (χ4v) is 2.53. The third-order valence-corrected chi connectivity index (χ3v) is 3.96. The standard InChI is InChI=1S/C17H28N2/c1-15-9-5-6-10-17(15)19(2)14-8-4-3-7-13-18-16-11-12-16/h5-6,9-10,16,18H,3-4,7-8,11-14H2,1-2H3. The summed E-state index contributed by atoms with van der Waals surface area (Å²) in [6.07, 6.45) is 8.16. The molecule has 0 atom stereocenters. The molecule has 1 aromatic carbocycles. The summed E-state index contributed by atoms with van der Waals surface area (Å²) in [7, 11) is 2.21. The van der Waals surface area contributed by atoms with Crippen molar-refractivity contribution in [3.8, 4) is 0 Å². The molecule has 0 spiro atoms. The van der Waals surface area contributed by atoms with E-state index >= 15 is 0 Å². The first-order valence-corrected chi connectivity index (χ1v) is 7.77. The number of nitrogens with one attached hydrogen (secondary N) is 1. The van der Waals surface area contributed by atoms with Crippen LogP contribution in [0.15, 0.2) is 24.3 Å². The van der Waals surface area contributed by atoms with E-state index in [0.29, 0.717) is 0 Å². The first-order valence-electron chi connectivity index (χ1n) is 7.77. The van der Waals surface area contributed by atoms with Gasteiger partial charge in [0.1, 0.15) is 0 Å². The topological polar surface area (TPSA) is 15.3 Å². The molecule has 0 heterocycles. The molecule has 1 N–H and O–H groups in total. The number of anilines is 1. The average Bonchev–Trinajstić information content (AvgIpc) is 3.22. The van der Waals surface area contributed by atoms with Gasteiger partial charge >= 0.3 is 0 Å². The van der Waals surface area contributed by atoms with Crippen LogP contribution in [-0.2, 0) is 0 Å². The third-order valence-electron chi connectivity index (χ3n) is 3.96. The summed E-state index contributed by atoms with van der Waals surface area (Å²) in [6, 6.07) is 9.51. The Morgan fingerprint density at radius 3 is 2.58 bits per heavy atom. The molecule has 0 unspecified atom stereocenters. The van der Waals surface area contributed by atoms with E-state index in [1.54, 1.807) is 0 Å². The Labute approximate surface area is 118 Å². The highest BCUT2D eigenvalue weighted by molar-refractivity contribution is 5.52. The van der Waals surface area contributed by atoms with Crippen molar-refractivity contribution in [3.63, 3.8) is 0 Å². The summed E-state index contributed by atoms with van der Waals surface area (Å²) >= 11 is 0. The Hall–Kier alpha value is -1.02. The molecule has 1 fully saturated rings. The van der Waals surface area contributed by atoms with Crippen molar-refractivity contribution in [2.75, 3.05) is 25.0 Å². The van der Waals surface area contributed by atoms with Gasteiger partial charge in [-0.1, -0.05) is 31.0 Å². The van der Waals surface area contributed by atoms with Gasteiger partial charge in [-0.2, -0.15) is 0 Å². The van der Waals surface area contributed by atoms with Crippen molar-refractivity contribution in [2.45, 2.75) is 51.5 Å². The molecule has 106 valence electrons. The predicted octanol–water partition coefficient (Wildman–Crippen LogP) is 3.74. The molecular weight excluding hydrogens is 232 g/mol. The van der Waals surface area contributed by atoms with E-state index in [1.165, 1.54) is 62.9 Å². The molecule has 0 aliphatic heterocycles. The Kier molecular flexibility index (Phi) is 5.71. The minimum atomic E-state index is 0.868. The molecule has 2 heteroatoms. The lowest BCUT2D eigenvalue weighted by molar-refractivity contribution is 0.585. The average molecular weight is 260 g/mol. The zero-order chi connectivity index (χ0) is 13.5. The highest BCUT2D eigenvalue weighted by Crippen LogP contribution is 2.19. The van der Waals surface area contributed by atoms with Crippen LogP contribution in [0, 0.1) is 6.92 Å². The predicted molar refractivity (Wildman–Crippen MR) is 83.9 cm³/mol. The molecule has 1 aliphatic rings. The molecule has 2 nitrogen and oxygen atoms in total. The van der Waals surface area contributed by atoms with Gasteiger partial charge in [0.15, 0.2) is 0 Å². The van der Waals surface area contributed by atoms with Crippen LogP contribution in [0.1, 0.15) is 44.1 Å². The van der Waals surface area contributed by atoms with E-state index < -0.39 is 0 Å². The number of aryl methyl sites for hydroxylation is 1. The first-order chi connectivity index (χ1) is 9.27. The normalized spacial score (nSPS) is 14.6. The van der Waals surface area contributed by atoms with Crippen LogP contribution in [0.4, 0.5) is 5.69 Å².